The molecule has 0 aromatic carbocycles. The smallest absolute Gasteiger partial charge is 0.0336 e. The number of alkyl halides is 1. The molecule has 0 radical (unpaired) electrons. The molecule has 0 spiro atoms. The lowest BCUT2D eigenvalue weighted by molar-refractivity contribution is 0.600. The third kappa shape index (κ3) is 7.95. The minimum Gasteiger partial charge on any atom is -0.123 e. The lowest BCUT2D eigenvalue weighted by Crippen LogP contribution is -1.96. The highest BCUT2D eigenvalue weighted by Gasteiger charge is 2.01. The van der Waals surface area contributed by atoms with Gasteiger partial charge in [-0.25, -0.2) is 0 Å². The quantitative estimate of drug-likeness (QED) is 0.321. The molecule has 0 N–H and O–H groups in total. The van der Waals surface area contributed by atoms with Crippen molar-refractivity contribution in [3.63, 3.8) is 0 Å². The average molecular weight is 187 g/mol. The number of hydrogen-bond acceptors (Lipinski definition) is 0. The zero-order valence-corrected chi connectivity index (χ0v) is 8.74. The monoisotopic (exact) mass is 186 g/mol. The van der Waals surface area contributed by atoms with Crippen LogP contribution in [0.2, 0.25) is 0 Å². The normalized spacial score (nSPS) is 12.4. The molecule has 0 aromatic heterocycles. The van der Waals surface area contributed by atoms with Crippen molar-refractivity contribution >= 4 is 11.6 Å². The summed E-state index contributed by atoms with van der Waals surface area (Å²) in [5.74, 6) is 2.65. The van der Waals surface area contributed by atoms with Crippen LogP contribution in [0.25, 0.3) is 0 Å². The molecule has 0 aliphatic heterocycles. The maximum Gasteiger partial charge on any atom is 0.0336 e. The van der Waals surface area contributed by atoms with Gasteiger partial charge in [0, 0.05) is 11.8 Å². The molecule has 70 valence electrons. The Labute approximate surface area is 81.7 Å². The molecule has 0 bridgehead atoms. The molecule has 0 heterocycles. The van der Waals surface area contributed by atoms with E-state index in [-0.39, 0.29) is 0 Å². The van der Waals surface area contributed by atoms with E-state index in [1.165, 1.54) is 19.3 Å². The van der Waals surface area contributed by atoms with E-state index in [9.17, 15) is 0 Å². The molecule has 0 rings (SSSR count). The van der Waals surface area contributed by atoms with Gasteiger partial charge in [-0.2, -0.15) is 0 Å². The summed E-state index contributed by atoms with van der Waals surface area (Å²) in [7, 11) is 0. The number of hydrogen-bond donors (Lipinski definition) is 0. The van der Waals surface area contributed by atoms with E-state index < -0.39 is 0 Å². The molecule has 12 heavy (non-hydrogen) atoms. The van der Waals surface area contributed by atoms with Gasteiger partial charge in [0.05, 0.1) is 0 Å². The van der Waals surface area contributed by atoms with Crippen LogP contribution < -0.4 is 0 Å². The summed E-state index contributed by atoms with van der Waals surface area (Å²) in [4.78, 5) is 0. The molecule has 0 aromatic rings. The third-order valence-corrected chi connectivity index (χ3v) is 2.38. The van der Waals surface area contributed by atoms with Gasteiger partial charge in [0.2, 0.25) is 0 Å². The predicted octanol–water partition coefficient (Wildman–Crippen LogP) is 3.98. The molecule has 1 atom stereocenters. The summed E-state index contributed by atoms with van der Waals surface area (Å²) in [6.45, 7) is 2.17. The van der Waals surface area contributed by atoms with Crippen LogP contribution >= 0.6 is 11.6 Å². The highest BCUT2D eigenvalue weighted by molar-refractivity contribution is 6.20. The maximum atomic E-state index is 6.05. The second-order valence-corrected chi connectivity index (χ2v) is 3.81. The Bertz CT molecular complexity index is 123. The summed E-state index contributed by atoms with van der Waals surface area (Å²) < 4.78 is 0. The zero-order chi connectivity index (χ0) is 9.23. The van der Waals surface area contributed by atoms with Gasteiger partial charge < -0.3 is 0 Å². The van der Waals surface area contributed by atoms with Gasteiger partial charge in [0.15, 0.2) is 0 Å². The van der Waals surface area contributed by atoms with Gasteiger partial charge in [-0.15, -0.1) is 23.9 Å². The Morgan fingerprint density at radius 3 is 2.58 bits per heavy atom. The fraction of sp³-hybridized carbons (Fsp3) is 0.818. The van der Waals surface area contributed by atoms with E-state index in [1.54, 1.807) is 0 Å². The molecular formula is C11H19Cl. The van der Waals surface area contributed by atoms with Gasteiger partial charge in [-0.05, 0) is 19.3 Å². The van der Waals surface area contributed by atoms with Crippen molar-refractivity contribution in [1.82, 2.24) is 0 Å². The average Bonchev–Trinajstić information content (AvgIpc) is 2.05. The Kier molecular flexibility index (Phi) is 8.83. The summed E-state index contributed by atoms with van der Waals surface area (Å²) in [5, 5.41) is 0.390. The number of halogens is 1. The van der Waals surface area contributed by atoms with E-state index in [2.05, 4.69) is 12.8 Å². The zero-order valence-electron chi connectivity index (χ0n) is 7.98. The summed E-state index contributed by atoms with van der Waals surface area (Å²) in [6.07, 6.45) is 13.2. The van der Waals surface area contributed by atoms with E-state index in [1.807, 2.05) is 0 Å². The fourth-order valence-electron chi connectivity index (χ4n) is 1.23. The van der Waals surface area contributed by atoms with Gasteiger partial charge in [0.1, 0.15) is 0 Å². The Morgan fingerprint density at radius 1 is 1.25 bits per heavy atom. The van der Waals surface area contributed by atoms with Crippen molar-refractivity contribution in [1.29, 1.82) is 0 Å². The number of rotatable bonds is 7. The lowest BCUT2D eigenvalue weighted by Gasteiger charge is -2.06. The van der Waals surface area contributed by atoms with Crippen LogP contribution in [0.1, 0.15) is 51.9 Å². The molecule has 0 fully saturated rings. The summed E-state index contributed by atoms with van der Waals surface area (Å²) in [6, 6.07) is 0. The SMILES string of the molecule is C#CCCCCCC(Cl)CCC. The molecular weight excluding hydrogens is 168 g/mol. The van der Waals surface area contributed by atoms with E-state index in [4.69, 9.17) is 18.0 Å². The molecule has 0 amide bonds. The largest absolute Gasteiger partial charge is 0.123 e. The Hall–Kier alpha value is -0.150. The second-order valence-electron chi connectivity index (χ2n) is 3.19. The van der Waals surface area contributed by atoms with Crippen molar-refractivity contribution in [3.8, 4) is 12.3 Å². The van der Waals surface area contributed by atoms with E-state index in [0.717, 1.165) is 25.7 Å². The number of unbranched alkanes of at least 4 members (excludes halogenated alkanes) is 3. The van der Waals surface area contributed by atoms with Crippen LogP contribution in [0.4, 0.5) is 0 Å². The summed E-state index contributed by atoms with van der Waals surface area (Å²) in [5.41, 5.74) is 0. The minimum atomic E-state index is 0.390. The molecule has 1 heteroatoms. The fourth-order valence-corrected chi connectivity index (χ4v) is 1.60. The van der Waals surface area contributed by atoms with Gasteiger partial charge in [0.25, 0.3) is 0 Å². The van der Waals surface area contributed by atoms with Gasteiger partial charge >= 0.3 is 0 Å². The first-order valence-corrected chi connectivity index (χ1v) is 5.32. The topological polar surface area (TPSA) is 0 Å². The molecule has 0 aliphatic rings. The molecule has 0 saturated carbocycles. The van der Waals surface area contributed by atoms with Crippen LogP contribution in [0.3, 0.4) is 0 Å². The molecule has 0 aliphatic carbocycles. The van der Waals surface area contributed by atoms with Crippen LogP contribution in [0.15, 0.2) is 0 Å². The first-order chi connectivity index (χ1) is 5.81. The van der Waals surface area contributed by atoms with Gasteiger partial charge in [-0.3, -0.25) is 0 Å². The van der Waals surface area contributed by atoms with Crippen molar-refractivity contribution in [2.24, 2.45) is 0 Å². The van der Waals surface area contributed by atoms with E-state index in [0.29, 0.717) is 5.38 Å². The summed E-state index contributed by atoms with van der Waals surface area (Å²) >= 11 is 6.05. The predicted molar refractivity (Wildman–Crippen MR) is 56.5 cm³/mol. The third-order valence-electron chi connectivity index (χ3n) is 1.94. The molecule has 1 unspecified atom stereocenters. The van der Waals surface area contributed by atoms with Crippen LogP contribution in [-0.2, 0) is 0 Å². The standard InChI is InChI=1S/C11H19Cl/c1-3-5-6-7-8-10-11(12)9-4-2/h1,11H,4-10H2,2H3. The highest BCUT2D eigenvalue weighted by atomic mass is 35.5. The van der Waals surface area contributed by atoms with Crippen LogP contribution in [0, 0.1) is 12.3 Å². The number of terminal acetylenes is 1. The van der Waals surface area contributed by atoms with Crippen LogP contribution in [-0.4, -0.2) is 5.38 Å². The molecule has 0 saturated heterocycles. The van der Waals surface area contributed by atoms with E-state index >= 15 is 0 Å². The van der Waals surface area contributed by atoms with Crippen molar-refractivity contribution in [2.45, 2.75) is 57.2 Å². The first kappa shape index (κ1) is 11.8. The Morgan fingerprint density at radius 2 is 2.00 bits per heavy atom. The van der Waals surface area contributed by atoms with Crippen LogP contribution in [0.5, 0.6) is 0 Å². The van der Waals surface area contributed by atoms with Crippen molar-refractivity contribution in [2.75, 3.05) is 0 Å². The van der Waals surface area contributed by atoms with Crippen molar-refractivity contribution in [3.05, 3.63) is 0 Å². The lowest BCUT2D eigenvalue weighted by atomic mass is 10.1. The second kappa shape index (κ2) is 8.94. The highest BCUT2D eigenvalue weighted by Crippen LogP contribution is 2.14. The minimum absolute atomic E-state index is 0.390. The van der Waals surface area contributed by atoms with Crippen molar-refractivity contribution < 1.29 is 0 Å². The first-order valence-electron chi connectivity index (χ1n) is 4.88. The van der Waals surface area contributed by atoms with Gasteiger partial charge in [-0.1, -0.05) is 26.2 Å². The maximum absolute atomic E-state index is 6.05. The Balaban J connectivity index is 3.04. The molecule has 0 nitrogen and oxygen atoms in total.